The van der Waals surface area contributed by atoms with Crippen LogP contribution in [0.5, 0.6) is 0 Å². The number of carbonyl (C=O) groups is 1. The molecule has 0 saturated carbocycles. The van der Waals surface area contributed by atoms with E-state index in [-0.39, 0.29) is 18.3 Å². The Morgan fingerprint density at radius 1 is 1.33 bits per heavy atom. The largest absolute Gasteiger partial charge is 0.416 e. The number of hydrogen-bond acceptors (Lipinski definition) is 2. The van der Waals surface area contributed by atoms with Crippen LogP contribution in [-0.4, -0.2) is 18.6 Å². The number of nitrogens with two attached hydrogens (primary N) is 1. The average molecular weight is 261 g/mol. The zero-order valence-electron chi connectivity index (χ0n) is 9.71. The number of rotatable bonds is 3. The highest BCUT2D eigenvalue weighted by Gasteiger charge is 2.29. The second-order valence-electron chi connectivity index (χ2n) is 3.81. The molecule has 0 heterocycles. The number of anilines is 1. The topological polar surface area (TPSA) is 67.1 Å². The summed E-state index contributed by atoms with van der Waals surface area (Å²) in [6, 6.07) is 3.47. The molecule has 4 nitrogen and oxygen atoms in total. The Bertz CT molecular complexity index is 403. The molecule has 1 aromatic rings. The van der Waals surface area contributed by atoms with E-state index in [0.29, 0.717) is 0 Å². The van der Waals surface area contributed by atoms with E-state index in [9.17, 15) is 18.0 Å². The minimum absolute atomic E-state index is 0.209. The lowest BCUT2D eigenvalue weighted by Crippen LogP contribution is -2.40. The van der Waals surface area contributed by atoms with Crippen LogP contribution in [0.4, 0.5) is 23.7 Å². The highest BCUT2D eigenvalue weighted by Crippen LogP contribution is 2.29. The minimum atomic E-state index is -4.38. The molecule has 1 unspecified atom stereocenters. The van der Waals surface area contributed by atoms with Gasteiger partial charge in [-0.15, -0.1) is 0 Å². The summed E-state index contributed by atoms with van der Waals surface area (Å²) < 4.78 is 36.9. The van der Waals surface area contributed by atoms with Crippen LogP contribution in [0.15, 0.2) is 24.3 Å². The smallest absolute Gasteiger partial charge is 0.334 e. The summed E-state index contributed by atoms with van der Waals surface area (Å²) in [6.07, 6.45) is -4.38. The first kappa shape index (κ1) is 14.3. The van der Waals surface area contributed by atoms with Crippen molar-refractivity contribution in [3.05, 3.63) is 29.8 Å². The lowest BCUT2D eigenvalue weighted by atomic mass is 10.2. The van der Waals surface area contributed by atoms with Gasteiger partial charge in [-0.25, -0.2) is 4.79 Å². The average Bonchev–Trinajstić information content (AvgIpc) is 2.28. The molecule has 100 valence electrons. The number of halogens is 3. The van der Waals surface area contributed by atoms with Gasteiger partial charge in [0.1, 0.15) is 0 Å². The van der Waals surface area contributed by atoms with E-state index in [0.717, 1.165) is 12.1 Å². The van der Waals surface area contributed by atoms with E-state index in [1.165, 1.54) is 12.1 Å². The predicted molar refractivity (Wildman–Crippen MR) is 62.1 cm³/mol. The Balaban J connectivity index is 2.61. The first-order valence-corrected chi connectivity index (χ1v) is 5.27. The molecule has 0 bridgehead atoms. The number of carbonyl (C=O) groups excluding carboxylic acids is 1. The fraction of sp³-hybridized carbons (Fsp3) is 0.364. The number of alkyl halides is 3. The van der Waals surface area contributed by atoms with Crippen LogP contribution in [0.1, 0.15) is 12.5 Å². The van der Waals surface area contributed by atoms with Crippen LogP contribution >= 0.6 is 0 Å². The quantitative estimate of drug-likeness (QED) is 0.780. The molecule has 0 fully saturated rings. The zero-order valence-corrected chi connectivity index (χ0v) is 9.71. The van der Waals surface area contributed by atoms with Gasteiger partial charge in [0, 0.05) is 18.3 Å². The minimum Gasteiger partial charge on any atom is -0.334 e. The molecular formula is C11H14F3N3O. The van der Waals surface area contributed by atoms with Crippen molar-refractivity contribution >= 4 is 11.7 Å². The van der Waals surface area contributed by atoms with Crippen LogP contribution in [0.2, 0.25) is 0 Å². The number of nitrogens with one attached hydrogen (secondary N) is 2. The maximum Gasteiger partial charge on any atom is 0.416 e. The van der Waals surface area contributed by atoms with Crippen LogP contribution < -0.4 is 16.4 Å². The lowest BCUT2D eigenvalue weighted by molar-refractivity contribution is -0.137. The number of urea groups is 1. The maximum absolute atomic E-state index is 12.3. The summed E-state index contributed by atoms with van der Waals surface area (Å²) in [5.74, 6) is 0. The predicted octanol–water partition coefficient (Wildman–Crippen LogP) is 2.17. The van der Waals surface area contributed by atoms with Gasteiger partial charge in [-0.3, -0.25) is 0 Å². The van der Waals surface area contributed by atoms with E-state index in [4.69, 9.17) is 5.73 Å². The standard InChI is InChI=1S/C11H14F3N3O/c1-7(6-15)16-10(18)17-9-4-2-8(3-5-9)11(12,13)14/h2-5,7H,6,15H2,1H3,(H2,16,17,18). The van der Waals surface area contributed by atoms with Crippen LogP contribution in [0.3, 0.4) is 0 Å². The third-order valence-corrected chi connectivity index (χ3v) is 2.20. The van der Waals surface area contributed by atoms with E-state index in [1.807, 2.05) is 0 Å². The number of hydrogen-bond donors (Lipinski definition) is 3. The first-order chi connectivity index (χ1) is 8.32. The molecule has 0 aliphatic carbocycles. The second kappa shape index (κ2) is 5.72. The highest BCUT2D eigenvalue weighted by molar-refractivity contribution is 5.89. The monoisotopic (exact) mass is 261 g/mol. The fourth-order valence-corrected chi connectivity index (χ4v) is 1.19. The van der Waals surface area contributed by atoms with Crippen LogP contribution in [0, 0.1) is 0 Å². The Kier molecular flexibility index (Phi) is 4.55. The molecule has 0 aliphatic heterocycles. The van der Waals surface area contributed by atoms with Gasteiger partial charge in [-0.1, -0.05) is 0 Å². The van der Waals surface area contributed by atoms with E-state index >= 15 is 0 Å². The molecule has 0 aliphatic rings. The summed E-state index contributed by atoms with van der Waals surface area (Å²) in [6.45, 7) is 1.99. The van der Waals surface area contributed by atoms with Gasteiger partial charge in [0.2, 0.25) is 0 Å². The van der Waals surface area contributed by atoms with Gasteiger partial charge in [0.15, 0.2) is 0 Å². The Morgan fingerprint density at radius 3 is 2.33 bits per heavy atom. The first-order valence-electron chi connectivity index (χ1n) is 5.27. The molecular weight excluding hydrogens is 247 g/mol. The van der Waals surface area contributed by atoms with E-state index in [1.54, 1.807) is 6.92 Å². The summed E-state index contributed by atoms with van der Waals surface area (Å²) in [5, 5.41) is 4.94. The Hall–Kier alpha value is -1.76. The SMILES string of the molecule is CC(CN)NC(=O)Nc1ccc(C(F)(F)F)cc1. The maximum atomic E-state index is 12.3. The molecule has 0 radical (unpaired) electrons. The lowest BCUT2D eigenvalue weighted by Gasteiger charge is -2.13. The third kappa shape index (κ3) is 4.25. The molecule has 1 atom stereocenters. The van der Waals surface area contributed by atoms with Gasteiger partial charge < -0.3 is 16.4 Å². The molecule has 1 rings (SSSR count). The molecule has 7 heteroatoms. The Morgan fingerprint density at radius 2 is 1.89 bits per heavy atom. The van der Waals surface area contributed by atoms with Crippen molar-refractivity contribution in [2.45, 2.75) is 19.1 Å². The van der Waals surface area contributed by atoms with Gasteiger partial charge >= 0.3 is 12.2 Å². The second-order valence-corrected chi connectivity index (χ2v) is 3.81. The van der Waals surface area contributed by atoms with Crippen molar-refractivity contribution in [1.29, 1.82) is 0 Å². The van der Waals surface area contributed by atoms with Gasteiger partial charge in [-0.2, -0.15) is 13.2 Å². The molecule has 2 amide bonds. The van der Waals surface area contributed by atoms with E-state index in [2.05, 4.69) is 10.6 Å². The van der Waals surface area contributed by atoms with Crippen molar-refractivity contribution in [3.8, 4) is 0 Å². The van der Waals surface area contributed by atoms with Crippen molar-refractivity contribution in [2.24, 2.45) is 5.73 Å². The van der Waals surface area contributed by atoms with E-state index < -0.39 is 17.8 Å². The molecule has 0 saturated heterocycles. The summed E-state index contributed by atoms with van der Waals surface area (Å²) in [5.41, 5.74) is 4.84. The van der Waals surface area contributed by atoms with Crippen molar-refractivity contribution in [1.82, 2.24) is 5.32 Å². The van der Waals surface area contributed by atoms with Crippen molar-refractivity contribution < 1.29 is 18.0 Å². The van der Waals surface area contributed by atoms with Gasteiger partial charge in [-0.05, 0) is 31.2 Å². The van der Waals surface area contributed by atoms with Gasteiger partial charge in [0.25, 0.3) is 0 Å². The molecule has 4 N–H and O–H groups in total. The van der Waals surface area contributed by atoms with Gasteiger partial charge in [0.05, 0.1) is 5.56 Å². The third-order valence-electron chi connectivity index (χ3n) is 2.20. The molecule has 18 heavy (non-hydrogen) atoms. The van der Waals surface area contributed by atoms with Crippen molar-refractivity contribution in [2.75, 3.05) is 11.9 Å². The highest BCUT2D eigenvalue weighted by atomic mass is 19.4. The van der Waals surface area contributed by atoms with Crippen LogP contribution in [-0.2, 0) is 6.18 Å². The zero-order chi connectivity index (χ0) is 13.8. The summed E-state index contributed by atoms with van der Waals surface area (Å²) in [7, 11) is 0. The summed E-state index contributed by atoms with van der Waals surface area (Å²) in [4.78, 5) is 11.4. The fourth-order valence-electron chi connectivity index (χ4n) is 1.19. The number of amides is 2. The normalized spacial score (nSPS) is 12.9. The summed E-state index contributed by atoms with van der Waals surface area (Å²) >= 11 is 0. The Labute approximate surface area is 102 Å². The molecule has 1 aromatic carbocycles. The number of benzene rings is 1. The molecule has 0 spiro atoms. The molecule has 0 aromatic heterocycles. The van der Waals surface area contributed by atoms with Crippen molar-refractivity contribution in [3.63, 3.8) is 0 Å². The van der Waals surface area contributed by atoms with Crippen LogP contribution in [0.25, 0.3) is 0 Å².